The summed E-state index contributed by atoms with van der Waals surface area (Å²) < 4.78 is 6.22. The summed E-state index contributed by atoms with van der Waals surface area (Å²) in [5.74, 6) is 0.547. The van der Waals surface area contributed by atoms with Crippen LogP contribution >= 0.6 is 39.7 Å². The van der Waals surface area contributed by atoms with Crippen molar-refractivity contribution in [1.29, 1.82) is 0 Å². The molecule has 0 spiro atoms. The van der Waals surface area contributed by atoms with E-state index in [1.54, 1.807) is 29.4 Å². The molecule has 2 N–H and O–H groups in total. The van der Waals surface area contributed by atoms with E-state index < -0.39 is 0 Å². The fraction of sp³-hybridized carbons (Fsp3) is 0.250. The standard InChI is InChI=1S/C12H13BrN2O2S.ClH/c1-15(5-8-2-11(13)18-7-8)12(16)9-3-10(4-14)17-6-9;/h2-3,6-7H,4-5,14H2,1H3;1H. The van der Waals surface area contributed by atoms with E-state index in [0.29, 0.717) is 24.4 Å². The van der Waals surface area contributed by atoms with E-state index in [4.69, 9.17) is 10.2 Å². The average Bonchev–Trinajstić information content (AvgIpc) is 2.97. The number of thiophene rings is 1. The molecule has 0 radical (unpaired) electrons. The second-order valence-electron chi connectivity index (χ2n) is 3.93. The van der Waals surface area contributed by atoms with Gasteiger partial charge in [0.05, 0.1) is 15.9 Å². The number of carbonyl (C=O) groups excluding carboxylic acids is 1. The highest BCUT2D eigenvalue weighted by atomic mass is 79.9. The molecule has 104 valence electrons. The summed E-state index contributed by atoms with van der Waals surface area (Å²) in [7, 11) is 1.77. The van der Waals surface area contributed by atoms with Crippen LogP contribution in [0.25, 0.3) is 0 Å². The Labute approximate surface area is 130 Å². The maximum atomic E-state index is 12.1. The van der Waals surface area contributed by atoms with Crippen molar-refractivity contribution in [1.82, 2.24) is 4.90 Å². The largest absolute Gasteiger partial charge is 0.467 e. The molecular weight excluding hydrogens is 352 g/mol. The zero-order valence-electron chi connectivity index (χ0n) is 10.3. The summed E-state index contributed by atoms with van der Waals surface area (Å²) >= 11 is 5.01. The minimum atomic E-state index is -0.0687. The van der Waals surface area contributed by atoms with E-state index in [0.717, 1.165) is 9.35 Å². The Bertz CT molecular complexity index is 555. The third-order valence-corrected chi connectivity index (χ3v) is 4.04. The van der Waals surface area contributed by atoms with Crippen LogP contribution in [-0.4, -0.2) is 17.9 Å². The summed E-state index contributed by atoms with van der Waals surface area (Å²) in [4.78, 5) is 13.8. The summed E-state index contributed by atoms with van der Waals surface area (Å²) in [6.07, 6.45) is 1.45. The van der Waals surface area contributed by atoms with Gasteiger partial charge >= 0.3 is 0 Å². The minimum Gasteiger partial charge on any atom is -0.467 e. The molecule has 2 aromatic rings. The maximum absolute atomic E-state index is 12.1. The zero-order valence-corrected chi connectivity index (χ0v) is 13.5. The lowest BCUT2D eigenvalue weighted by atomic mass is 10.2. The lowest BCUT2D eigenvalue weighted by Crippen LogP contribution is -2.25. The minimum absolute atomic E-state index is 0. The van der Waals surface area contributed by atoms with Gasteiger partial charge in [0.15, 0.2) is 0 Å². The molecule has 0 unspecified atom stereocenters. The van der Waals surface area contributed by atoms with Crippen molar-refractivity contribution >= 4 is 45.6 Å². The van der Waals surface area contributed by atoms with E-state index >= 15 is 0 Å². The van der Waals surface area contributed by atoms with Crippen molar-refractivity contribution in [2.75, 3.05) is 7.05 Å². The van der Waals surface area contributed by atoms with Crippen molar-refractivity contribution in [3.63, 3.8) is 0 Å². The fourth-order valence-electron chi connectivity index (χ4n) is 1.59. The molecule has 0 aliphatic carbocycles. The summed E-state index contributed by atoms with van der Waals surface area (Å²) in [6.45, 7) is 0.874. The van der Waals surface area contributed by atoms with Crippen LogP contribution < -0.4 is 5.73 Å². The van der Waals surface area contributed by atoms with E-state index in [2.05, 4.69) is 15.9 Å². The van der Waals surface area contributed by atoms with Crippen LogP contribution in [0.2, 0.25) is 0 Å². The molecule has 19 heavy (non-hydrogen) atoms. The highest BCUT2D eigenvalue weighted by molar-refractivity contribution is 9.11. The number of furan rings is 1. The van der Waals surface area contributed by atoms with Gasteiger partial charge in [-0.3, -0.25) is 4.79 Å². The molecule has 2 aromatic heterocycles. The third kappa shape index (κ3) is 4.07. The van der Waals surface area contributed by atoms with Crippen LogP contribution in [0.1, 0.15) is 21.7 Å². The lowest BCUT2D eigenvalue weighted by Gasteiger charge is -2.15. The van der Waals surface area contributed by atoms with Gasteiger partial charge in [0.25, 0.3) is 5.91 Å². The quantitative estimate of drug-likeness (QED) is 0.904. The maximum Gasteiger partial charge on any atom is 0.257 e. The topological polar surface area (TPSA) is 59.5 Å². The molecule has 2 rings (SSSR count). The summed E-state index contributed by atoms with van der Waals surface area (Å²) in [6, 6.07) is 3.69. The highest BCUT2D eigenvalue weighted by Crippen LogP contribution is 2.22. The van der Waals surface area contributed by atoms with Gasteiger partial charge in [0.1, 0.15) is 12.0 Å². The second-order valence-corrected chi connectivity index (χ2v) is 6.22. The van der Waals surface area contributed by atoms with Gasteiger partial charge in [-0.1, -0.05) is 0 Å². The number of nitrogens with zero attached hydrogens (tertiary/aromatic N) is 1. The number of nitrogens with two attached hydrogens (primary N) is 1. The Hall–Kier alpha value is -0.820. The van der Waals surface area contributed by atoms with Crippen LogP contribution in [0.15, 0.2) is 32.0 Å². The van der Waals surface area contributed by atoms with Crippen molar-refractivity contribution in [3.8, 4) is 0 Å². The number of hydrogen-bond donors (Lipinski definition) is 1. The molecule has 4 nitrogen and oxygen atoms in total. The monoisotopic (exact) mass is 364 g/mol. The predicted octanol–water partition coefficient (Wildman–Crippen LogP) is 3.26. The number of carbonyl (C=O) groups is 1. The molecule has 0 atom stereocenters. The predicted molar refractivity (Wildman–Crippen MR) is 81.7 cm³/mol. The van der Waals surface area contributed by atoms with Gasteiger partial charge in [0, 0.05) is 13.6 Å². The Morgan fingerprint density at radius 2 is 2.26 bits per heavy atom. The van der Waals surface area contributed by atoms with E-state index in [9.17, 15) is 4.79 Å². The first-order valence-corrected chi connectivity index (χ1v) is 7.03. The van der Waals surface area contributed by atoms with Gasteiger partial charge in [0.2, 0.25) is 0 Å². The first-order chi connectivity index (χ1) is 8.60. The fourth-order valence-corrected chi connectivity index (χ4v) is 2.79. The highest BCUT2D eigenvalue weighted by Gasteiger charge is 2.15. The Kier molecular flexibility index (Phi) is 6.06. The molecule has 1 amide bonds. The van der Waals surface area contributed by atoms with Crippen LogP contribution in [0.5, 0.6) is 0 Å². The van der Waals surface area contributed by atoms with Gasteiger partial charge in [-0.05, 0) is 39.0 Å². The molecule has 0 saturated carbocycles. The Balaban J connectivity index is 0.00000180. The number of hydrogen-bond acceptors (Lipinski definition) is 4. The number of amides is 1. The molecule has 0 aliphatic heterocycles. The van der Waals surface area contributed by atoms with Crippen LogP contribution in [-0.2, 0) is 13.1 Å². The van der Waals surface area contributed by atoms with Crippen molar-refractivity contribution < 1.29 is 9.21 Å². The Morgan fingerprint density at radius 1 is 1.53 bits per heavy atom. The zero-order chi connectivity index (χ0) is 13.1. The van der Waals surface area contributed by atoms with Gasteiger partial charge in [-0.25, -0.2) is 0 Å². The number of rotatable bonds is 4. The first-order valence-electron chi connectivity index (χ1n) is 5.36. The third-order valence-electron chi connectivity index (χ3n) is 2.49. The van der Waals surface area contributed by atoms with Crippen molar-refractivity contribution in [3.05, 3.63) is 44.4 Å². The van der Waals surface area contributed by atoms with Crippen LogP contribution in [0, 0.1) is 0 Å². The van der Waals surface area contributed by atoms with Crippen LogP contribution in [0.4, 0.5) is 0 Å². The smallest absolute Gasteiger partial charge is 0.257 e. The molecule has 2 heterocycles. The van der Waals surface area contributed by atoms with Crippen molar-refractivity contribution in [2.45, 2.75) is 13.1 Å². The summed E-state index contributed by atoms with van der Waals surface area (Å²) in [5, 5.41) is 2.02. The van der Waals surface area contributed by atoms with Crippen molar-refractivity contribution in [2.24, 2.45) is 5.73 Å². The normalized spacial score (nSPS) is 10.1. The molecule has 0 saturated heterocycles. The second kappa shape index (κ2) is 7.09. The SMILES string of the molecule is CN(Cc1csc(Br)c1)C(=O)c1coc(CN)c1.Cl. The van der Waals surface area contributed by atoms with E-state index in [1.165, 1.54) is 6.26 Å². The first kappa shape index (κ1) is 16.2. The average molecular weight is 366 g/mol. The molecular formula is C12H14BrClN2O2S. The molecule has 0 bridgehead atoms. The van der Waals surface area contributed by atoms with E-state index in [-0.39, 0.29) is 18.3 Å². The Morgan fingerprint density at radius 3 is 2.79 bits per heavy atom. The molecule has 0 aromatic carbocycles. The molecule has 7 heteroatoms. The van der Waals surface area contributed by atoms with E-state index in [1.807, 2.05) is 11.4 Å². The van der Waals surface area contributed by atoms with Gasteiger partial charge in [-0.2, -0.15) is 0 Å². The van der Waals surface area contributed by atoms with Gasteiger partial charge < -0.3 is 15.1 Å². The van der Waals surface area contributed by atoms with Crippen LogP contribution in [0.3, 0.4) is 0 Å². The molecule has 0 fully saturated rings. The van der Waals surface area contributed by atoms with Gasteiger partial charge in [-0.15, -0.1) is 23.7 Å². The summed E-state index contributed by atoms with van der Waals surface area (Å²) in [5.41, 5.74) is 7.08. The number of halogens is 2. The molecule has 0 aliphatic rings. The lowest BCUT2D eigenvalue weighted by molar-refractivity contribution is 0.0784.